The summed E-state index contributed by atoms with van der Waals surface area (Å²) in [6.45, 7) is 4.26. The monoisotopic (exact) mass is 271 g/mol. The first-order valence-corrected chi connectivity index (χ1v) is 7.09. The second kappa shape index (κ2) is 4.99. The maximum absolute atomic E-state index is 6.32. The van der Waals surface area contributed by atoms with Crippen molar-refractivity contribution in [3.63, 3.8) is 0 Å². The molecule has 19 heavy (non-hydrogen) atoms. The van der Waals surface area contributed by atoms with Gasteiger partial charge in [0.25, 0.3) is 0 Å². The highest BCUT2D eigenvalue weighted by atomic mass is 35.5. The third-order valence-corrected chi connectivity index (χ3v) is 4.50. The van der Waals surface area contributed by atoms with Gasteiger partial charge in [-0.1, -0.05) is 54.1 Å². The van der Waals surface area contributed by atoms with Crippen LogP contribution in [0.1, 0.15) is 16.7 Å². The summed E-state index contributed by atoms with van der Waals surface area (Å²) in [7, 11) is 0. The van der Waals surface area contributed by atoms with E-state index in [1.165, 1.54) is 16.7 Å². The quantitative estimate of drug-likeness (QED) is 0.897. The highest BCUT2D eigenvalue weighted by molar-refractivity contribution is 6.31. The first-order chi connectivity index (χ1) is 9.21. The summed E-state index contributed by atoms with van der Waals surface area (Å²) in [4.78, 5) is 0. The molecule has 1 heterocycles. The van der Waals surface area contributed by atoms with Gasteiger partial charge in [0.05, 0.1) is 0 Å². The second-order valence-corrected chi connectivity index (χ2v) is 5.87. The maximum Gasteiger partial charge on any atom is 0.0438 e. The van der Waals surface area contributed by atoms with Crippen molar-refractivity contribution in [3.05, 3.63) is 70.2 Å². The zero-order chi connectivity index (χ0) is 13.3. The van der Waals surface area contributed by atoms with Crippen LogP contribution in [0.3, 0.4) is 0 Å². The molecule has 1 N–H and O–H groups in total. The Bertz CT molecular complexity index is 587. The standard InChI is InChI=1S/C17H18ClN/c1-13-6-2-4-8-15(13)17(11-19-12-17)10-14-7-3-5-9-16(14)18/h2-9,19H,10-12H2,1H3. The average molecular weight is 272 g/mol. The molecule has 1 fully saturated rings. The van der Waals surface area contributed by atoms with Gasteiger partial charge in [0.2, 0.25) is 0 Å². The summed E-state index contributed by atoms with van der Waals surface area (Å²) in [6.07, 6.45) is 1.00. The van der Waals surface area contributed by atoms with Gasteiger partial charge in [-0.2, -0.15) is 0 Å². The molecule has 0 aliphatic carbocycles. The molecule has 1 nitrogen and oxygen atoms in total. The molecule has 98 valence electrons. The fourth-order valence-electron chi connectivity index (χ4n) is 3.01. The number of benzene rings is 2. The number of halogens is 1. The molecule has 0 amide bonds. The van der Waals surface area contributed by atoms with Crippen molar-refractivity contribution in [1.29, 1.82) is 0 Å². The number of hydrogen-bond acceptors (Lipinski definition) is 1. The fourth-order valence-corrected chi connectivity index (χ4v) is 3.21. The molecule has 0 saturated carbocycles. The first kappa shape index (κ1) is 12.7. The number of hydrogen-bond donors (Lipinski definition) is 1. The van der Waals surface area contributed by atoms with Crippen molar-refractivity contribution in [2.24, 2.45) is 0 Å². The van der Waals surface area contributed by atoms with Gasteiger partial charge in [0.15, 0.2) is 0 Å². The Hall–Kier alpha value is -1.31. The van der Waals surface area contributed by atoms with E-state index in [-0.39, 0.29) is 5.41 Å². The van der Waals surface area contributed by atoms with Gasteiger partial charge >= 0.3 is 0 Å². The van der Waals surface area contributed by atoms with Crippen molar-refractivity contribution >= 4 is 11.6 Å². The van der Waals surface area contributed by atoms with E-state index in [2.05, 4.69) is 48.6 Å². The van der Waals surface area contributed by atoms with Crippen molar-refractivity contribution in [3.8, 4) is 0 Å². The molecule has 1 aliphatic heterocycles. The van der Waals surface area contributed by atoms with E-state index < -0.39 is 0 Å². The van der Waals surface area contributed by atoms with Crippen LogP contribution in [0.2, 0.25) is 5.02 Å². The number of nitrogens with one attached hydrogen (secondary N) is 1. The van der Waals surface area contributed by atoms with Crippen molar-refractivity contribution in [1.82, 2.24) is 5.32 Å². The van der Waals surface area contributed by atoms with Gasteiger partial charge in [-0.15, -0.1) is 0 Å². The van der Waals surface area contributed by atoms with Crippen LogP contribution in [0.5, 0.6) is 0 Å². The van der Waals surface area contributed by atoms with E-state index in [4.69, 9.17) is 11.6 Å². The summed E-state index contributed by atoms with van der Waals surface area (Å²) >= 11 is 6.32. The minimum Gasteiger partial charge on any atom is -0.315 e. The third kappa shape index (κ3) is 2.29. The van der Waals surface area contributed by atoms with Gasteiger partial charge in [-0.3, -0.25) is 0 Å². The van der Waals surface area contributed by atoms with Gasteiger partial charge in [0, 0.05) is 23.5 Å². The lowest BCUT2D eigenvalue weighted by atomic mass is 9.69. The van der Waals surface area contributed by atoms with E-state index in [0.29, 0.717) is 0 Å². The summed E-state index contributed by atoms with van der Waals surface area (Å²) < 4.78 is 0. The number of rotatable bonds is 3. The lowest BCUT2D eigenvalue weighted by Gasteiger charge is -2.44. The second-order valence-electron chi connectivity index (χ2n) is 5.47. The molecule has 0 spiro atoms. The summed E-state index contributed by atoms with van der Waals surface area (Å²) in [5.41, 5.74) is 4.27. The van der Waals surface area contributed by atoms with E-state index in [9.17, 15) is 0 Å². The summed E-state index contributed by atoms with van der Waals surface area (Å²) in [5, 5.41) is 4.30. The van der Waals surface area contributed by atoms with Gasteiger partial charge in [0.1, 0.15) is 0 Å². The van der Waals surface area contributed by atoms with Gasteiger partial charge in [-0.25, -0.2) is 0 Å². The molecule has 3 rings (SSSR count). The molecule has 2 aromatic carbocycles. The zero-order valence-electron chi connectivity index (χ0n) is 11.1. The van der Waals surface area contributed by atoms with E-state index >= 15 is 0 Å². The Labute approximate surface area is 119 Å². The first-order valence-electron chi connectivity index (χ1n) is 6.72. The molecular weight excluding hydrogens is 254 g/mol. The van der Waals surface area contributed by atoms with Crippen molar-refractivity contribution < 1.29 is 0 Å². The Balaban J connectivity index is 1.97. The minimum atomic E-state index is 0.205. The van der Waals surface area contributed by atoms with E-state index in [1.807, 2.05) is 12.1 Å². The smallest absolute Gasteiger partial charge is 0.0438 e. The molecule has 1 aliphatic rings. The van der Waals surface area contributed by atoms with Crippen LogP contribution in [0.4, 0.5) is 0 Å². The van der Waals surface area contributed by atoms with Crippen molar-refractivity contribution in [2.45, 2.75) is 18.8 Å². The van der Waals surface area contributed by atoms with E-state index in [0.717, 1.165) is 24.5 Å². The minimum absolute atomic E-state index is 0.205. The topological polar surface area (TPSA) is 12.0 Å². The molecule has 0 atom stereocenters. The molecular formula is C17H18ClN. The van der Waals surface area contributed by atoms with Crippen LogP contribution in [-0.2, 0) is 11.8 Å². The molecule has 2 aromatic rings. The van der Waals surface area contributed by atoms with Gasteiger partial charge < -0.3 is 5.32 Å². The highest BCUT2D eigenvalue weighted by Crippen LogP contribution is 2.36. The molecule has 0 unspecified atom stereocenters. The highest BCUT2D eigenvalue weighted by Gasteiger charge is 2.39. The van der Waals surface area contributed by atoms with Gasteiger partial charge in [-0.05, 0) is 36.1 Å². The molecule has 0 bridgehead atoms. The predicted molar refractivity (Wildman–Crippen MR) is 80.9 cm³/mol. The Kier molecular flexibility index (Phi) is 3.34. The fraction of sp³-hybridized carbons (Fsp3) is 0.294. The van der Waals surface area contributed by atoms with Crippen LogP contribution in [0, 0.1) is 6.92 Å². The van der Waals surface area contributed by atoms with Crippen LogP contribution < -0.4 is 5.32 Å². The lowest BCUT2D eigenvalue weighted by molar-refractivity contribution is 0.273. The molecule has 1 saturated heterocycles. The Morgan fingerprint density at radius 3 is 2.37 bits per heavy atom. The molecule has 0 aromatic heterocycles. The van der Waals surface area contributed by atoms with Crippen LogP contribution in [0.25, 0.3) is 0 Å². The van der Waals surface area contributed by atoms with Crippen LogP contribution in [-0.4, -0.2) is 13.1 Å². The Morgan fingerprint density at radius 1 is 1.05 bits per heavy atom. The summed E-state index contributed by atoms with van der Waals surface area (Å²) in [5.74, 6) is 0. The largest absolute Gasteiger partial charge is 0.315 e. The summed E-state index contributed by atoms with van der Waals surface area (Å²) in [6, 6.07) is 16.9. The van der Waals surface area contributed by atoms with Crippen LogP contribution in [0.15, 0.2) is 48.5 Å². The molecule has 2 heteroatoms. The zero-order valence-corrected chi connectivity index (χ0v) is 11.9. The average Bonchev–Trinajstić information content (AvgIpc) is 2.37. The number of aryl methyl sites for hydroxylation is 1. The maximum atomic E-state index is 6.32. The third-order valence-electron chi connectivity index (χ3n) is 4.13. The van der Waals surface area contributed by atoms with Crippen molar-refractivity contribution in [2.75, 3.05) is 13.1 Å². The molecule has 0 radical (unpaired) electrons. The normalized spacial score (nSPS) is 16.9. The predicted octanol–water partition coefficient (Wildman–Crippen LogP) is 3.73. The van der Waals surface area contributed by atoms with E-state index in [1.54, 1.807) is 0 Å². The Morgan fingerprint density at radius 2 is 1.74 bits per heavy atom. The van der Waals surface area contributed by atoms with Crippen LogP contribution >= 0.6 is 11.6 Å². The SMILES string of the molecule is Cc1ccccc1C1(Cc2ccccc2Cl)CNC1. The lowest BCUT2D eigenvalue weighted by Crippen LogP contribution is -2.58.